The van der Waals surface area contributed by atoms with E-state index in [1.165, 1.54) is 0 Å². The Kier molecular flexibility index (Phi) is 6.62. The van der Waals surface area contributed by atoms with Crippen LogP contribution in [-0.2, 0) is 0 Å². The molecule has 7 heteroatoms. The van der Waals surface area contributed by atoms with Crippen LogP contribution in [0.2, 0.25) is 0 Å². The van der Waals surface area contributed by atoms with E-state index >= 15 is 0 Å². The van der Waals surface area contributed by atoms with Gasteiger partial charge in [-0.3, -0.25) is 0 Å². The molecule has 0 aliphatic rings. The maximum atomic E-state index is 9.44. The van der Waals surface area contributed by atoms with Gasteiger partial charge >= 0.3 is 63.6 Å². The predicted octanol–water partition coefficient (Wildman–Crippen LogP) is -0.272. The minimum absolute atomic E-state index is 0. The molecule has 0 spiro atoms. The molecule has 0 fully saturated rings. The number of amides is 2. The molecule has 0 saturated heterocycles. The van der Waals surface area contributed by atoms with Crippen molar-refractivity contribution in [3.05, 3.63) is 5.53 Å². The summed E-state index contributed by atoms with van der Waals surface area (Å²) < 4.78 is -0.833. The van der Waals surface area contributed by atoms with Crippen LogP contribution in [-0.4, -0.2) is 78.5 Å². The summed E-state index contributed by atoms with van der Waals surface area (Å²) in [7, 11) is 0. The largest absolute Gasteiger partial charge is 0.594 e. The van der Waals surface area contributed by atoms with Crippen LogP contribution in [0.4, 0.5) is 9.59 Å². The monoisotopic (exact) mass is 158 g/mol. The molecule has 2 N–H and O–H groups in total. The molecule has 0 atom stereocenters. The van der Waals surface area contributed by atoms with Crippen molar-refractivity contribution in [2.45, 2.75) is 0 Å². The number of hydrogen-bond acceptors (Lipinski definition) is 2. The smallest absolute Gasteiger partial charge is 0.481 e. The second-order valence-electron chi connectivity index (χ2n) is 0.877. The van der Waals surface area contributed by atoms with Gasteiger partial charge in [0.25, 0.3) is 0 Å². The van der Waals surface area contributed by atoms with Gasteiger partial charge in [-0.25, -0.2) is 0 Å². The van der Waals surface area contributed by atoms with Crippen molar-refractivity contribution < 1.29 is 24.5 Å². The molecule has 0 aromatic rings. The van der Waals surface area contributed by atoms with E-state index in [2.05, 4.69) is 0 Å². The van der Waals surface area contributed by atoms with Crippen LogP contribution in [0.3, 0.4) is 0 Å². The van der Waals surface area contributed by atoms with Gasteiger partial charge < -0.3 is 15.7 Å². The van der Waals surface area contributed by atoms with Gasteiger partial charge in [-0.2, -0.15) is 9.59 Å². The molecule has 0 heterocycles. The number of hydrogen-bond donors (Lipinski definition) is 2. The summed E-state index contributed by atoms with van der Waals surface area (Å²) in [5.74, 6) is 0. The Hall–Kier alpha value is 0.176. The second kappa shape index (κ2) is 5.00. The van der Waals surface area contributed by atoms with E-state index in [1.54, 1.807) is 0 Å². The Morgan fingerprint density at radius 3 is 1.44 bits per heavy atom. The number of carboxylic acid groups (broad SMARTS) is 2. The maximum absolute atomic E-state index is 9.44. The quantitative estimate of drug-likeness (QED) is 0.288. The van der Waals surface area contributed by atoms with Crippen LogP contribution in [0, 0.1) is 0 Å². The average molecular weight is 158 g/mol. The molecule has 0 saturated carbocycles. The maximum Gasteiger partial charge on any atom is 0.594 e. The third kappa shape index (κ3) is 4.67. The van der Waals surface area contributed by atoms with Crippen molar-refractivity contribution in [3.8, 4) is 0 Å². The first-order valence-electron chi connectivity index (χ1n) is 1.50. The molecule has 2 amide bonds. The zero-order valence-corrected chi connectivity index (χ0v) is 3.61. The van der Waals surface area contributed by atoms with E-state index in [0.717, 1.165) is 0 Å². The van der Waals surface area contributed by atoms with Crippen molar-refractivity contribution in [2.24, 2.45) is 0 Å². The molecular formula is C2H3KN2O4. The molecule has 0 aromatic heterocycles. The Morgan fingerprint density at radius 2 is 1.44 bits per heavy atom. The molecular weight excluding hydrogens is 155 g/mol. The first-order chi connectivity index (χ1) is 3.55. The van der Waals surface area contributed by atoms with E-state index < -0.39 is 16.9 Å². The fourth-order valence-corrected chi connectivity index (χ4v) is 0.0818. The Labute approximate surface area is 92.4 Å². The number of imide groups is 1. The molecule has 0 radical (unpaired) electrons. The van der Waals surface area contributed by atoms with Gasteiger partial charge in [-0.15, -0.1) is 4.70 Å². The van der Waals surface area contributed by atoms with Gasteiger partial charge in [0, 0.05) is 0 Å². The van der Waals surface area contributed by atoms with Gasteiger partial charge in [0.05, 0.1) is 0 Å². The summed E-state index contributed by atoms with van der Waals surface area (Å²) in [5, 5.41) is 15.3. The van der Waals surface area contributed by atoms with Crippen molar-refractivity contribution in [2.75, 3.05) is 0 Å². The van der Waals surface area contributed by atoms with E-state index in [4.69, 9.17) is 15.7 Å². The zero-order valence-electron chi connectivity index (χ0n) is 3.61. The van der Waals surface area contributed by atoms with Crippen molar-refractivity contribution >= 4 is 63.6 Å². The fourth-order valence-electron chi connectivity index (χ4n) is 0.0818. The molecule has 46 valence electrons. The molecule has 6 nitrogen and oxygen atoms in total. The molecule has 9 heavy (non-hydrogen) atoms. The number of rotatable bonds is 0. The molecule has 0 aliphatic heterocycles. The summed E-state index contributed by atoms with van der Waals surface area (Å²) in [6.45, 7) is 0. The van der Waals surface area contributed by atoms with Crippen LogP contribution < -0.4 is 0 Å². The molecule has 0 aromatic carbocycles. The van der Waals surface area contributed by atoms with Gasteiger partial charge in [0.15, 0.2) is 0 Å². The molecule has 0 aliphatic carbocycles. The zero-order chi connectivity index (χ0) is 6.73. The Morgan fingerprint density at radius 1 is 1.22 bits per heavy atom. The minimum Gasteiger partial charge on any atom is -0.481 e. The summed E-state index contributed by atoms with van der Waals surface area (Å²) in [4.78, 5) is 18.9. The van der Waals surface area contributed by atoms with Crippen molar-refractivity contribution in [1.82, 2.24) is 0 Å². The van der Waals surface area contributed by atoms with Gasteiger partial charge in [-0.05, 0) is 0 Å². The van der Waals surface area contributed by atoms with Gasteiger partial charge in [-0.1, -0.05) is 0 Å². The second-order valence-corrected chi connectivity index (χ2v) is 0.877. The fraction of sp³-hybridized carbons (Fsp3) is 0. The predicted molar refractivity (Wildman–Crippen MR) is 26.8 cm³/mol. The average Bonchev–Trinajstić information content (AvgIpc) is 1.64. The SMILES string of the molecule is [KH].[N-]=[N+](C(=O)O)C(=O)O. The molecule has 0 bridgehead atoms. The topological polar surface area (TPSA) is 99.9 Å². The van der Waals surface area contributed by atoms with Crippen LogP contribution in [0.25, 0.3) is 5.53 Å². The van der Waals surface area contributed by atoms with E-state index in [9.17, 15) is 9.59 Å². The summed E-state index contributed by atoms with van der Waals surface area (Å²) in [6.07, 6.45) is -3.84. The van der Waals surface area contributed by atoms with E-state index in [-0.39, 0.29) is 51.4 Å². The Bertz CT molecular complexity index is 139. The van der Waals surface area contributed by atoms with Crippen LogP contribution in [0.15, 0.2) is 0 Å². The van der Waals surface area contributed by atoms with E-state index in [0.29, 0.717) is 0 Å². The van der Waals surface area contributed by atoms with Crippen LogP contribution >= 0.6 is 0 Å². The molecule has 0 unspecified atom stereocenters. The summed E-state index contributed by atoms with van der Waals surface area (Å²) in [6, 6.07) is 0. The minimum atomic E-state index is -1.92. The van der Waals surface area contributed by atoms with Crippen molar-refractivity contribution in [3.63, 3.8) is 0 Å². The molecule has 0 rings (SSSR count). The van der Waals surface area contributed by atoms with Crippen LogP contribution in [0.5, 0.6) is 0 Å². The third-order valence-electron chi connectivity index (χ3n) is 0.362. The first kappa shape index (κ1) is 11.9. The van der Waals surface area contributed by atoms with E-state index in [1.807, 2.05) is 0 Å². The number of carbonyl (C=O) groups is 2. The Balaban J connectivity index is 0. The summed E-state index contributed by atoms with van der Waals surface area (Å²) >= 11 is 0. The van der Waals surface area contributed by atoms with Gasteiger partial charge in [0.1, 0.15) is 0 Å². The third-order valence-corrected chi connectivity index (χ3v) is 0.362. The van der Waals surface area contributed by atoms with Crippen LogP contribution in [0.1, 0.15) is 0 Å². The summed E-state index contributed by atoms with van der Waals surface area (Å²) in [5.41, 5.74) is 7.84. The first-order valence-corrected chi connectivity index (χ1v) is 1.50. The standard InChI is InChI=1S/C2H2N2O4.K.H/c3-4(1(5)6)2(7)8;;/h(H,5,6)(H,7,8);;. The number of nitrogens with zero attached hydrogens (tertiary/aromatic N) is 2. The van der Waals surface area contributed by atoms with Crippen molar-refractivity contribution in [1.29, 1.82) is 0 Å². The normalized spacial score (nSPS) is 7.11. The van der Waals surface area contributed by atoms with Gasteiger partial charge in [0.2, 0.25) is 0 Å².